The Hall–Kier alpha value is -2.32. The SMILES string of the molecule is C[C@H](NC(=O)CSc1n[nH]c(=O)n1CCc1ccccc1)c1cccs1. The number of carbonyl (C=O) groups is 1. The van der Waals surface area contributed by atoms with Crippen LogP contribution >= 0.6 is 23.1 Å². The first-order chi connectivity index (χ1) is 12.6. The molecule has 0 aliphatic carbocycles. The highest BCUT2D eigenvalue weighted by Gasteiger charge is 2.14. The van der Waals surface area contributed by atoms with E-state index in [0.717, 1.165) is 16.9 Å². The van der Waals surface area contributed by atoms with Crippen molar-refractivity contribution in [3.8, 4) is 0 Å². The van der Waals surface area contributed by atoms with Crippen molar-refractivity contribution in [3.63, 3.8) is 0 Å². The highest BCUT2D eigenvalue weighted by molar-refractivity contribution is 7.99. The Labute approximate surface area is 159 Å². The lowest BCUT2D eigenvalue weighted by Gasteiger charge is -2.12. The lowest BCUT2D eigenvalue weighted by molar-refractivity contribution is -0.119. The summed E-state index contributed by atoms with van der Waals surface area (Å²) in [6, 6.07) is 13.9. The number of thiophene rings is 1. The van der Waals surface area contributed by atoms with Crippen molar-refractivity contribution in [2.45, 2.75) is 31.1 Å². The largest absolute Gasteiger partial charge is 0.348 e. The molecule has 0 saturated carbocycles. The molecule has 2 N–H and O–H groups in total. The van der Waals surface area contributed by atoms with Gasteiger partial charge in [0.25, 0.3) is 0 Å². The summed E-state index contributed by atoms with van der Waals surface area (Å²) in [4.78, 5) is 25.3. The van der Waals surface area contributed by atoms with Crippen LogP contribution in [0.3, 0.4) is 0 Å². The minimum Gasteiger partial charge on any atom is -0.348 e. The molecule has 2 aromatic heterocycles. The lowest BCUT2D eigenvalue weighted by Crippen LogP contribution is -2.28. The number of H-pyrrole nitrogens is 1. The van der Waals surface area contributed by atoms with Crippen LogP contribution in [0.1, 0.15) is 23.4 Å². The number of carbonyl (C=O) groups excluding carboxylic acids is 1. The van der Waals surface area contributed by atoms with Crippen molar-refractivity contribution in [1.29, 1.82) is 0 Å². The van der Waals surface area contributed by atoms with E-state index in [1.165, 1.54) is 11.8 Å². The van der Waals surface area contributed by atoms with Gasteiger partial charge < -0.3 is 5.32 Å². The number of aromatic amines is 1. The second-order valence-corrected chi connectivity index (χ2v) is 7.71. The second kappa shape index (κ2) is 8.86. The first-order valence-electron chi connectivity index (χ1n) is 8.28. The Kier molecular flexibility index (Phi) is 6.30. The summed E-state index contributed by atoms with van der Waals surface area (Å²) >= 11 is 2.88. The number of aromatic nitrogens is 3. The van der Waals surface area contributed by atoms with Gasteiger partial charge in [0.15, 0.2) is 5.16 Å². The summed E-state index contributed by atoms with van der Waals surface area (Å²) < 4.78 is 1.58. The Morgan fingerprint density at radius 3 is 2.85 bits per heavy atom. The van der Waals surface area contributed by atoms with Crippen LogP contribution in [0.5, 0.6) is 0 Å². The quantitative estimate of drug-likeness (QED) is 0.582. The molecule has 6 nitrogen and oxygen atoms in total. The van der Waals surface area contributed by atoms with Crippen molar-refractivity contribution >= 4 is 29.0 Å². The summed E-state index contributed by atoms with van der Waals surface area (Å²) in [6.07, 6.45) is 0.732. The molecule has 0 spiro atoms. The summed E-state index contributed by atoms with van der Waals surface area (Å²) in [7, 11) is 0. The van der Waals surface area contributed by atoms with E-state index in [-0.39, 0.29) is 23.4 Å². The highest BCUT2D eigenvalue weighted by Crippen LogP contribution is 2.19. The van der Waals surface area contributed by atoms with Crippen molar-refractivity contribution in [1.82, 2.24) is 20.1 Å². The predicted molar refractivity (Wildman–Crippen MR) is 105 cm³/mol. The molecule has 0 aliphatic rings. The summed E-state index contributed by atoms with van der Waals surface area (Å²) in [6.45, 7) is 2.48. The third kappa shape index (κ3) is 4.86. The first kappa shape index (κ1) is 18.5. The highest BCUT2D eigenvalue weighted by atomic mass is 32.2. The molecule has 8 heteroatoms. The molecule has 3 aromatic rings. The maximum absolute atomic E-state index is 12.2. The monoisotopic (exact) mass is 388 g/mol. The van der Waals surface area contributed by atoms with E-state index in [0.29, 0.717) is 11.7 Å². The van der Waals surface area contributed by atoms with E-state index in [4.69, 9.17) is 0 Å². The van der Waals surface area contributed by atoms with Crippen LogP contribution in [0.15, 0.2) is 57.8 Å². The number of aryl methyl sites for hydroxylation is 1. The van der Waals surface area contributed by atoms with Gasteiger partial charge in [-0.15, -0.1) is 16.4 Å². The molecule has 136 valence electrons. The van der Waals surface area contributed by atoms with E-state index < -0.39 is 0 Å². The number of nitrogens with one attached hydrogen (secondary N) is 2. The van der Waals surface area contributed by atoms with Gasteiger partial charge in [-0.25, -0.2) is 9.89 Å². The second-order valence-electron chi connectivity index (χ2n) is 5.79. The van der Waals surface area contributed by atoms with Crippen LogP contribution in [-0.2, 0) is 17.8 Å². The fourth-order valence-corrected chi connectivity index (χ4v) is 4.04. The van der Waals surface area contributed by atoms with Gasteiger partial charge >= 0.3 is 5.69 Å². The molecule has 2 heterocycles. The summed E-state index contributed by atoms with van der Waals surface area (Å²) in [5.74, 6) is 0.131. The molecule has 1 atom stereocenters. The minimum atomic E-state index is -0.254. The number of hydrogen-bond acceptors (Lipinski definition) is 5. The molecule has 26 heavy (non-hydrogen) atoms. The third-order valence-electron chi connectivity index (χ3n) is 3.87. The topological polar surface area (TPSA) is 79.8 Å². The number of hydrogen-bond donors (Lipinski definition) is 2. The summed E-state index contributed by atoms with van der Waals surface area (Å²) in [5.41, 5.74) is 0.898. The Bertz CT molecular complexity index is 888. The third-order valence-corrected chi connectivity index (χ3v) is 5.90. The Balaban J connectivity index is 1.55. The van der Waals surface area contributed by atoms with Gasteiger partial charge in [0, 0.05) is 11.4 Å². The fourth-order valence-electron chi connectivity index (χ4n) is 2.52. The normalized spacial score (nSPS) is 12.0. The van der Waals surface area contributed by atoms with Crippen LogP contribution in [0.25, 0.3) is 0 Å². The van der Waals surface area contributed by atoms with Crippen LogP contribution in [0, 0.1) is 0 Å². The van der Waals surface area contributed by atoms with Crippen molar-refractivity contribution in [2.75, 3.05) is 5.75 Å². The van der Waals surface area contributed by atoms with E-state index in [1.807, 2.05) is 54.8 Å². The minimum absolute atomic E-state index is 0.0254. The van der Waals surface area contributed by atoms with Crippen molar-refractivity contribution in [2.24, 2.45) is 0 Å². The van der Waals surface area contributed by atoms with E-state index in [2.05, 4.69) is 15.5 Å². The first-order valence-corrected chi connectivity index (χ1v) is 10.1. The lowest BCUT2D eigenvalue weighted by atomic mass is 10.1. The smallest absolute Gasteiger partial charge is 0.343 e. The van der Waals surface area contributed by atoms with E-state index in [1.54, 1.807) is 15.9 Å². The van der Waals surface area contributed by atoms with Crippen LogP contribution in [-0.4, -0.2) is 26.4 Å². The van der Waals surface area contributed by atoms with E-state index in [9.17, 15) is 9.59 Å². The summed E-state index contributed by atoms with van der Waals surface area (Å²) in [5, 5.41) is 12.0. The Morgan fingerprint density at radius 2 is 2.12 bits per heavy atom. The van der Waals surface area contributed by atoms with Crippen LogP contribution in [0.4, 0.5) is 0 Å². The van der Waals surface area contributed by atoms with Crippen LogP contribution in [0.2, 0.25) is 0 Å². The molecule has 0 radical (unpaired) electrons. The average Bonchev–Trinajstić information content (AvgIpc) is 3.29. The number of thioether (sulfide) groups is 1. The van der Waals surface area contributed by atoms with Gasteiger partial charge in [0.1, 0.15) is 0 Å². The van der Waals surface area contributed by atoms with Gasteiger partial charge in [0.05, 0.1) is 11.8 Å². The average molecular weight is 389 g/mol. The van der Waals surface area contributed by atoms with Gasteiger partial charge in [0.2, 0.25) is 5.91 Å². The molecule has 3 rings (SSSR count). The molecule has 0 unspecified atom stereocenters. The van der Waals surface area contributed by atoms with Crippen molar-refractivity contribution in [3.05, 3.63) is 68.8 Å². The molecule has 0 aliphatic heterocycles. The zero-order chi connectivity index (χ0) is 18.4. The van der Waals surface area contributed by atoms with Gasteiger partial charge in [-0.1, -0.05) is 48.2 Å². The number of nitrogens with zero attached hydrogens (tertiary/aromatic N) is 2. The van der Waals surface area contributed by atoms with Crippen LogP contribution < -0.4 is 11.0 Å². The molecule has 0 fully saturated rings. The zero-order valence-electron chi connectivity index (χ0n) is 14.3. The maximum atomic E-state index is 12.2. The molecule has 0 saturated heterocycles. The number of benzene rings is 1. The zero-order valence-corrected chi connectivity index (χ0v) is 16.0. The molecular formula is C18H20N4O2S2. The molecule has 1 aromatic carbocycles. The predicted octanol–water partition coefficient (Wildman–Crippen LogP) is 2.85. The molecular weight excluding hydrogens is 368 g/mol. The maximum Gasteiger partial charge on any atom is 0.343 e. The molecule has 1 amide bonds. The van der Waals surface area contributed by atoms with E-state index >= 15 is 0 Å². The number of rotatable bonds is 8. The Morgan fingerprint density at radius 1 is 1.31 bits per heavy atom. The molecule has 0 bridgehead atoms. The standard InChI is InChI=1S/C18H20N4O2S2/c1-13(15-8-5-11-25-15)19-16(23)12-26-18-21-20-17(24)22(18)10-9-14-6-3-2-4-7-14/h2-8,11,13H,9-10,12H2,1H3,(H,19,23)(H,20,24)/t13-/m0/s1. The fraction of sp³-hybridized carbons (Fsp3) is 0.278. The van der Waals surface area contributed by atoms with Crippen molar-refractivity contribution < 1.29 is 4.79 Å². The van der Waals surface area contributed by atoms with Gasteiger partial charge in [-0.3, -0.25) is 9.36 Å². The van der Waals surface area contributed by atoms with Gasteiger partial charge in [-0.2, -0.15) is 0 Å². The van der Waals surface area contributed by atoms with Gasteiger partial charge in [-0.05, 0) is 30.4 Å². The number of amides is 1.